The lowest BCUT2D eigenvalue weighted by Gasteiger charge is -2.18. The summed E-state index contributed by atoms with van der Waals surface area (Å²) in [4.78, 5) is 0. The van der Waals surface area contributed by atoms with E-state index < -0.39 is 0 Å². The molecule has 0 aromatic heterocycles. The van der Waals surface area contributed by atoms with Crippen LogP contribution in [0.2, 0.25) is 0 Å². The highest BCUT2D eigenvalue weighted by molar-refractivity contribution is 4.93. The number of rotatable bonds is 0. The number of hydrogen-bond acceptors (Lipinski definition) is 2. The van der Waals surface area contributed by atoms with Crippen LogP contribution in [0.15, 0.2) is 0 Å². The van der Waals surface area contributed by atoms with Gasteiger partial charge < -0.3 is 10.6 Å². The Balaban J connectivity index is 0.000000322. The first-order valence-corrected chi connectivity index (χ1v) is 5.83. The van der Waals surface area contributed by atoms with Crippen molar-refractivity contribution in [3.05, 3.63) is 0 Å². The average Bonchev–Trinajstić information content (AvgIpc) is 2.87. The molecule has 0 radical (unpaired) electrons. The van der Waals surface area contributed by atoms with Crippen LogP contribution < -0.4 is 10.6 Å². The zero-order chi connectivity index (χ0) is 10.2. The van der Waals surface area contributed by atoms with Crippen molar-refractivity contribution in [2.75, 3.05) is 26.2 Å². The molecule has 2 aliphatic heterocycles. The summed E-state index contributed by atoms with van der Waals surface area (Å²) >= 11 is 0. The lowest BCUT2D eigenvalue weighted by atomic mass is 9.87. The molecule has 0 atom stereocenters. The van der Waals surface area contributed by atoms with E-state index in [-0.39, 0.29) is 0 Å². The quantitative estimate of drug-likeness (QED) is 0.605. The Morgan fingerprint density at radius 1 is 0.769 bits per heavy atom. The van der Waals surface area contributed by atoms with E-state index in [9.17, 15) is 0 Å². The Labute approximate surface area is 83.5 Å². The average molecular weight is 186 g/mol. The second-order valence-electron chi connectivity index (χ2n) is 3.35. The Hall–Kier alpha value is -0.0800. The van der Waals surface area contributed by atoms with Crippen LogP contribution in [0.4, 0.5) is 0 Å². The van der Waals surface area contributed by atoms with Crippen LogP contribution in [0.3, 0.4) is 0 Å². The van der Waals surface area contributed by atoms with Crippen LogP contribution in [-0.2, 0) is 0 Å². The zero-order valence-corrected chi connectivity index (χ0v) is 9.74. The lowest BCUT2D eigenvalue weighted by Crippen LogP contribution is -2.26. The van der Waals surface area contributed by atoms with Crippen LogP contribution in [0.5, 0.6) is 0 Å². The van der Waals surface area contributed by atoms with Gasteiger partial charge in [-0.1, -0.05) is 27.7 Å². The minimum Gasteiger partial charge on any atom is -0.316 e. The largest absolute Gasteiger partial charge is 0.316 e. The van der Waals surface area contributed by atoms with Crippen molar-refractivity contribution >= 4 is 0 Å². The van der Waals surface area contributed by atoms with E-state index in [2.05, 4.69) is 10.6 Å². The third-order valence-corrected chi connectivity index (χ3v) is 2.66. The molecule has 2 saturated heterocycles. The molecular weight excluding hydrogens is 160 g/mol. The molecule has 0 bridgehead atoms. The fourth-order valence-electron chi connectivity index (χ4n) is 1.96. The molecule has 0 unspecified atom stereocenters. The third kappa shape index (κ3) is 3.65. The molecule has 0 aromatic rings. The van der Waals surface area contributed by atoms with Gasteiger partial charge in [-0.25, -0.2) is 0 Å². The first-order valence-electron chi connectivity index (χ1n) is 5.83. The molecule has 0 amide bonds. The fraction of sp³-hybridized carbons (Fsp3) is 1.00. The summed E-state index contributed by atoms with van der Waals surface area (Å²) in [6.07, 6.45) is 2.78. The number of nitrogens with one attached hydrogen (secondary N) is 2. The third-order valence-electron chi connectivity index (χ3n) is 2.66. The van der Waals surface area contributed by atoms with Crippen molar-refractivity contribution < 1.29 is 0 Å². The van der Waals surface area contributed by atoms with Crippen molar-refractivity contribution in [2.24, 2.45) is 5.41 Å². The molecule has 0 aliphatic carbocycles. The molecule has 2 aliphatic rings. The van der Waals surface area contributed by atoms with E-state index in [1.165, 1.54) is 39.0 Å². The highest BCUT2D eigenvalue weighted by atomic mass is 15.0. The van der Waals surface area contributed by atoms with Crippen LogP contribution >= 0.6 is 0 Å². The smallest absolute Gasteiger partial charge is 0.00209 e. The predicted molar refractivity (Wildman–Crippen MR) is 60.1 cm³/mol. The Morgan fingerprint density at radius 2 is 1.15 bits per heavy atom. The summed E-state index contributed by atoms with van der Waals surface area (Å²) < 4.78 is 0. The molecule has 13 heavy (non-hydrogen) atoms. The van der Waals surface area contributed by atoms with Crippen molar-refractivity contribution in [1.82, 2.24) is 10.6 Å². The van der Waals surface area contributed by atoms with Crippen molar-refractivity contribution in [1.29, 1.82) is 0 Å². The summed E-state index contributed by atoms with van der Waals surface area (Å²) in [6.45, 7) is 13.0. The second-order valence-corrected chi connectivity index (χ2v) is 3.35. The second kappa shape index (κ2) is 7.34. The van der Waals surface area contributed by atoms with Crippen LogP contribution in [-0.4, -0.2) is 26.2 Å². The topological polar surface area (TPSA) is 24.1 Å². The van der Waals surface area contributed by atoms with Gasteiger partial charge in [-0.2, -0.15) is 0 Å². The minimum absolute atomic E-state index is 0.667. The van der Waals surface area contributed by atoms with Crippen LogP contribution in [0.1, 0.15) is 40.5 Å². The van der Waals surface area contributed by atoms with Gasteiger partial charge in [-0.05, 0) is 31.3 Å². The monoisotopic (exact) mass is 186 g/mol. The van der Waals surface area contributed by atoms with Gasteiger partial charge in [-0.15, -0.1) is 0 Å². The van der Waals surface area contributed by atoms with E-state index in [1.807, 2.05) is 27.7 Å². The van der Waals surface area contributed by atoms with Gasteiger partial charge >= 0.3 is 0 Å². The summed E-state index contributed by atoms with van der Waals surface area (Å²) in [6, 6.07) is 0. The van der Waals surface area contributed by atoms with Crippen molar-refractivity contribution in [2.45, 2.75) is 40.5 Å². The highest BCUT2D eigenvalue weighted by Gasteiger charge is 2.35. The standard InChI is InChI=1S/C7H14N2.2C2H6/c1-3-8-5-7(1)2-4-9-6-7;2*1-2/h8-9H,1-6H2;2*1-2H3. The molecule has 2 fully saturated rings. The summed E-state index contributed by atoms with van der Waals surface area (Å²) in [7, 11) is 0. The first kappa shape index (κ1) is 12.9. The van der Waals surface area contributed by atoms with E-state index in [0.29, 0.717) is 5.41 Å². The SMILES string of the molecule is C1CC2(CCNC2)CN1.CC.CC. The Kier molecular flexibility index (Phi) is 7.29. The maximum atomic E-state index is 3.42. The normalized spacial score (nSPS) is 23.1. The van der Waals surface area contributed by atoms with Crippen molar-refractivity contribution in [3.63, 3.8) is 0 Å². The molecule has 80 valence electrons. The van der Waals surface area contributed by atoms with E-state index in [0.717, 1.165) is 0 Å². The van der Waals surface area contributed by atoms with E-state index in [4.69, 9.17) is 0 Å². The lowest BCUT2D eigenvalue weighted by molar-refractivity contribution is 0.365. The fourth-order valence-corrected chi connectivity index (χ4v) is 1.96. The number of hydrogen-bond donors (Lipinski definition) is 2. The van der Waals surface area contributed by atoms with Gasteiger partial charge in [-0.3, -0.25) is 0 Å². The van der Waals surface area contributed by atoms with Gasteiger partial charge in [0.15, 0.2) is 0 Å². The molecule has 2 rings (SSSR count). The molecule has 2 heterocycles. The highest BCUT2D eigenvalue weighted by Crippen LogP contribution is 2.31. The van der Waals surface area contributed by atoms with Gasteiger partial charge in [0.05, 0.1) is 0 Å². The van der Waals surface area contributed by atoms with Gasteiger partial charge in [0.2, 0.25) is 0 Å². The van der Waals surface area contributed by atoms with E-state index >= 15 is 0 Å². The molecule has 2 N–H and O–H groups in total. The van der Waals surface area contributed by atoms with Gasteiger partial charge in [0, 0.05) is 13.1 Å². The maximum Gasteiger partial charge on any atom is 0.00209 e. The van der Waals surface area contributed by atoms with Crippen molar-refractivity contribution in [3.8, 4) is 0 Å². The first-order chi connectivity index (χ1) is 6.41. The van der Waals surface area contributed by atoms with E-state index in [1.54, 1.807) is 0 Å². The molecule has 1 spiro atoms. The summed E-state index contributed by atoms with van der Waals surface area (Å²) in [5.41, 5.74) is 0.667. The van der Waals surface area contributed by atoms with Gasteiger partial charge in [0.1, 0.15) is 0 Å². The molecule has 0 saturated carbocycles. The zero-order valence-electron chi connectivity index (χ0n) is 9.74. The Bertz CT molecular complexity index is 83.1. The summed E-state index contributed by atoms with van der Waals surface area (Å²) in [5.74, 6) is 0. The van der Waals surface area contributed by atoms with Crippen LogP contribution in [0, 0.1) is 5.41 Å². The van der Waals surface area contributed by atoms with Gasteiger partial charge in [0.25, 0.3) is 0 Å². The predicted octanol–water partition coefficient (Wildman–Crippen LogP) is 2.01. The maximum absolute atomic E-state index is 3.42. The summed E-state index contributed by atoms with van der Waals surface area (Å²) in [5, 5.41) is 6.83. The minimum atomic E-state index is 0.667. The molecule has 2 heteroatoms. The molecule has 0 aromatic carbocycles. The van der Waals surface area contributed by atoms with Crippen LogP contribution in [0.25, 0.3) is 0 Å². The molecular formula is C11H26N2. The Morgan fingerprint density at radius 3 is 1.38 bits per heavy atom. The molecule has 2 nitrogen and oxygen atoms in total.